The number of aliphatic hydroxyl groups is 5. The van der Waals surface area contributed by atoms with Crippen molar-refractivity contribution in [3.63, 3.8) is 0 Å². The molecule has 3 aliphatic heterocycles. The smallest absolute Gasteiger partial charge is 0.220 e. The number of methoxy groups -OCH3 is 2. The van der Waals surface area contributed by atoms with Crippen molar-refractivity contribution in [3.05, 3.63) is 41.0 Å². The Labute approximate surface area is 422 Å². The number of fused-ring (bicyclic) bond motifs is 1. The Morgan fingerprint density at radius 2 is 1.73 bits per heavy atom. The summed E-state index contributed by atoms with van der Waals surface area (Å²) in [6, 6.07) is 7.07. The molecule has 2 aromatic rings. The summed E-state index contributed by atoms with van der Waals surface area (Å²) in [7, 11) is 5.85. The summed E-state index contributed by atoms with van der Waals surface area (Å²) in [4.78, 5) is 12.2. The van der Waals surface area contributed by atoms with Gasteiger partial charge in [0.15, 0.2) is 23.0 Å². The monoisotopic (exact) mass is 1010 g/mol. The number of carbonyl (C=O) groups excluding carboxylic acids is 1. The third kappa shape index (κ3) is 11.5. The maximum Gasteiger partial charge on any atom is 0.220 e. The average Bonchev–Trinajstić information content (AvgIpc) is 3.81. The molecule has 3 heterocycles. The molecule has 14 atom stereocenters. The Morgan fingerprint density at radius 1 is 0.929 bits per heavy atom. The van der Waals surface area contributed by atoms with Crippen LogP contribution in [0, 0.1) is 58.2 Å². The molecule has 0 radical (unpaired) electrons. The van der Waals surface area contributed by atoms with E-state index in [1.54, 1.807) is 18.2 Å². The lowest BCUT2D eigenvalue weighted by molar-refractivity contribution is -0.160. The van der Waals surface area contributed by atoms with Crippen LogP contribution in [-0.4, -0.2) is 125 Å². The van der Waals surface area contributed by atoms with Gasteiger partial charge in [0.25, 0.3) is 0 Å². The lowest BCUT2D eigenvalue weighted by atomic mass is 9.38. The Kier molecular flexibility index (Phi) is 18.1. The van der Waals surface area contributed by atoms with Crippen molar-refractivity contribution in [2.24, 2.45) is 46.3 Å². The number of hydrogen-bond donors (Lipinski definition) is 9. The first-order valence-electron chi connectivity index (χ1n) is 25.9. The zero-order valence-electron chi connectivity index (χ0n) is 41.3. The Hall–Kier alpha value is -3.11. The van der Waals surface area contributed by atoms with Gasteiger partial charge in [-0.3, -0.25) is 4.79 Å². The minimum absolute atomic E-state index is 0.0215. The standard InChI is InChI=1S/C54H78N2O12S2/c1-32-6-11-42-35(21-43(59)36-23-51(63)56-28-36)12-15-53-27-39(10-8-37(53)29-55-16-5-4-14-54(42,53)26-32)68-47-22-34-7-9-38(67-31-58)24-44(60)41(18-33-19-48(65-2)52(64)49(20-33)66-3)46(62)30-69-70-50(13-17-57)40(34)25-45(47)61/h19-20,22,25,32,35-39,41-44,46,50,55,57-62,64H,5-13,15-18,21,23-24,26-31H2,1-3H3,(H,56,63)/t32-,35-,36+,37+,38-,39-,41-,42-,43-,44+,46-,50-,53-,54-/m0/s1. The summed E-state index contributed by atoms with van der Waals surface area (Å²) >= 11 is 0. The van der Waals surface area contributed by atoms with Crippen molar-refractivity contribution >= 4 is 27.5 Å². The molecule has 4 fully saturated rings. The molecule has 8 rings (SSSR count). The number of hydrogen-bond acceptors (Lipinski definition) is 15. The molecule has 0 aromatic heterocycles. The number of amides is 1. The molecule has 3 aliphatic carbocycles. The molecule has 1 amide bonds. The highest BCUT2D eigenvalue weighted by molar-refractivity contribution is 8.76. The quantitative estimate of drug-likeness (QED) is 0.0601. The first-order chi connectivity index (χ1) is 33.8. The van der Waals surface area contributed by atoms with Gasteiger partial charge in [0, 0.05) is 60.8 Å². The molecule has 2 aromatic carbocycles. The molecule has 9 N–H and O–H groups in total. The second kappa shape index (κ2) is 23.8. The molecule has 16 heteroatoms. The van der Waals surface area contributed by atoms with Crippen LogP contribution in [0.1, 0.15) is 119 Å². The fourth-order valence-electron chi connectivity index (χ4n) is 13.9. The van der Waals surface area contributed by atoms with Gasteiger partial charge in [-0.15, -0.1) is 5.92 Å². The number of nitrogens with one attached hydrogen (secondary N) is 2. The minimum Gasteiger partial charge on any atom is -0.504 e. The fourth-order valence-corrected chi connectivity index (χ4v) is 16.8. The van der Waals surface area contributed by atoms with Gasteiger partial charge in [-0.25, -0.2) is 0 Å². The van der Waals surface area contributed by atoms with E-state index in [0.717, 1.165) is 82.0 Å². The summed E-state index contributed by atoms with van der Waals surface area (Å²) in [6.45, 7) is 4.03. The predicted molar refractivity (Wildman–Crippen MR) is 271 cm³/mol. The van der Waals surface area contributed by atoms with Crippen LogP contribution in [-0.2, 0) is 22.4 Å². The maximum absolute atomic E-state index is 12.2. The fraction of sp³-hybridized carbons (Fsp3) is 0.722. The number of rotatable bonds is 13. The van der Waals surface area contributed by atoms with Gasteiger partial charge in [0.05, 0.1) is 44.7 Å². The molecule has 3 saturated carbocycles. The van der Waals surface area contributed by atoms with E-state index in [4.69, 9.17) is 18.9 Å². The first kappa shape index (κ1) is 53.2. The van der Waals surface area contributed by atoms with Crippen molar-refractivity contribution in [1.82, 2.24) is 10.6 Å². The predicted octanol–water partition coefficient (Wildman–Crippen LogP) is 6.42. The normalized spacial score (nSPS) is 35.4. The van der Waals surface area contributed by atoms with Crippen LogP contribution in [0.5, 0.6) is 28.7 Å². The van der Waals surface area contributed by atoms with Gasteiger partial charge in [0.2, 0.25) is 11.7 Å². The molecule has 0 unspecified atom stereocenters. The molecule has 1 saturated heterocycles. The van der Waals surface area contributed by atoms with Crippen LogP contribution < -0.4 is 24.8 Å². The third-order valence-electron chi connectivity index (χ3n) is 17.4. The second-order valence-electron chi connectivity index (χ2n) is 21.4. The number of aromatic hydroxyl groups is 2. The zero-order chi connectivity index (χ0) is 49.6. The maximum atomic E-state index is 12.2. The van der Waals surface area contributed by atoms with Gasteiger partial charge in [-0.05, 0) is 160 Å². The summed E-state index contributed by atoms with van der Waals surface area (Å²) in [5.41, 5.74) is 2.06. The van der Waals surface area contributed by atoms with Crippen LogP contribution >= 0.6 is 21.6 Å². The molecule has 14 nitrogen and oxygen atoms in total. The minimum atomic E-state index is -1.03. The SMILES string of the molecule is COc1cc(C[C@H]2[C@H](O)C[C@@H](OCO)CCc3cc(O[C@H]4CC[C@@H]5CNCCC#C[C@]67C[C@@H](C)CC[C@H]6[C@H](C[C@H](O)[C@H]6CNC(=O)C6)CC[C@]57C4)c(O)cc3[C@H](CCO)SSC[C@@H]2O)cc(OC)c1O. The summed E-state index contributed by atoms with van der Waals surface area (Å²) < 4.78 is 23.8. The number of phenolic OH excluding ortho intramolecular Hbond substituents is 2. The zero-order valence-corrected chi connectivity index (χ0v) is 42.9. The summed E-state index contributed by atoms with van der Waals surface area (Å²) in [5.74, 6) is 9.56. The molecule has 0 bridgehead atoms. The van der Waals surface area contributed by atoms with E-state index in [1.807, 2.05) is 6.07 Å². The van der Waals surface area contributed by atoms with E-state index < -0.39 is 37.1 Å². The topological polar surface area (TPSA) is 220 Å². The van der Waals surface area contributed by atoms with E-state index >= 15 is 0 Å². The van der Waals surface area contributed by atoms with Crippen LogP contribution in [0.25, 0.3) is 0 Å². The highest BCUT2D eigenvalue weighted by Crippen LogP contribution is 2.69. The van der Waals surface area contributed by atoms with Crippen molar-refractivity contribution in [2.75, 3.05) is 53.0 Å². The first-order valence-corrected chi connectivity index (χ1v) is 28.3. The van der Waals surface area contributed by atoms with Gasteiger partial charge >= 0.3 is 0 Å². The van der Waals surface area contributed by atoms with E-state index in [1.165, 1.54) is 35.8 Å². The molecular weight excluding hydrogens is 933 g/mol. The molecule has 70 heavy (non-hydrogen) atoms. The number of phenols is 2. The van der Waals surface area contributed by atoms with Crippen LogP contribution in [0.3, 0.4) is 0 Å². The van der Waals surface area contributed by atoms with Gasteiger partial charge in [-0.1, -0.05) is 40.9 Å². The number of benzene rings is 2. The van der Waals surface area contributed by atoms with Crippen LogP contribution in [0.4, 0.5) is 0 Å². The van der Waals surface area contributed by atoms with Crippen molar-refractivity contribution in [1.29, 1.82) is 0 Å². The lowest BCUT2D eigenvalue weighted by Crippen LogP contribution is -2.62. The number of carbonyl (C=O) groups is 1. The van der Waals surface area contributed by atoms with E-state index in [9.17, 15) is 40.5 Å². The van der Waals surface area contributed by atoms with Crippen molar-refractivity contribution in [2.45, 2.75) is 145 Å². The summed E-state index contributed by atoms with van der Waals surface area (Å²) in [6.07, 6.45) is 7.98. The molecule has 6 aliphatic rings. The number of aliphatic hydroxyl groups excluding tert-OH is 5. The Balaban J connectivity index is 1.07. The Morgan fingerprint density at radius 3 is 2.46 bits per heavy atom. The highest BCUT2D eigenvalue weighted by atomic mass is 33.1. The average molecular weight is 1010 g/mol. The van der Waals surface area contributed by atoms with Crippen LogP contribution in [0.15, 0.2) is 24.3 Å². The van der Waals surface area contributed by atoms with E-state index in [0.29, 0.717) is 73.6 Å². The van der Waals surface area contributed by atoms with Gasteiger partial charge in [0.1, 0.15) is 6.79 Å². The number of aryl methyl sites for hydroxylation is 1. The molecular formula is C54H78N2O12S2. The molecule has 2 spiro atoms. The molecule has 388 valence electrons. The van der Waals surface area contributed by atoms with Crippen molar-refractivity contribution < 1.29 is 59.5 Å². The Bertz CT molecular complexity index is 2130. The highest BCUT2D eigenvalue weighted by Gasteiger charge is 2.65. The largest absolute Gasteiger partial charge is 0.504 e. The lowest BCUT2D eigenvalue weighted by Gasteiger charge is -2.65. The van der Waals surface area contributed by atoms with Crippen LogP contribution in [0.2, 0.25) is 0 Å². The summed E-state index contributed by atoms with van der Waals surface area (Å²) in [5, 5.41) is 84.7. The number of ether oxygens (including phenoxy) is 4. The van der Waals surface area contributed by atoms with Crippen molar-refractivity contribution in [3.8, 4) is 40.6 Å². The van der Waals surface area contributed by atoms with Gasteiger partial charge in [-0.2, -0.15) is 0 Å². The second-order valence-corrected chi connectivity index (χ2v) is 24.0. The van der Waals surface area contributed by atoms with E-state index in [2.05, 4.69) is 29.4 Å². The van der Waals surface area contributed by atoms with Gasteiger partial charge < -0.3 is 65.3 Å². The third-order valence-corrected chi connectivity index (χ3v) is 20.2. The van der Waals surface area contributed by atoms with E-state index in [-0.39, 0.29) is 82.2 Å².